The van der Waals surface area contributed by atoms with Crippen molar-refractivity contribution in [3.8, 4) is 5.75 Å². The summed E-state index contributed by atoms with van der Waals surface area (Å²) in [6.07, 6.45) is 0. The molecule has 0 bridgehead atoms. The van der Waals surface area contributed by atoms with Crippen molar-refractivity contribution in [2.45, 2.75) is 11.8 Å². The molecule has 1 rings (SSSR count). The zero-order valence-electron chi connectivity index (χ0n) is 8.10. The van der Waals surface area contributed by atoms with Crippen LogP contribution in [-0.4, -0.2) is 19.6 Å². The van der Waals surface area contributed by atoms with Gasteiger partial charge in [0, 0.05) is 6.07 Å². The Morgan fingerprint density at radius 2 is 1.93 bits per heavy atom. The fourth-order valence-corrected chi connectivity index (χ4v) is 1.73. The minimum atomic E-state index is -4.35. The zero-order chi connectivity index (χ0) is 11.6. The molecular weight excluding hydrogens is 220 g/mol. The van der Waals surface area contributed by atoms with Crippen LogP contribution in [0, 0.1) is 0 Å². The van der Waals surface area contributed by atoms with E-state index in [1.54, 1.807) is 6.92 Å². The molecule has 0 saturated heterocycles. The Morgan fingerprint density at radius 1 is 1.33 bits per heavy atom. The zero-order valence-corrected chi connectivity index (χ0v) is 8.91. The number of anilines is 2. The standard InChI is InChI=1S/C8H12N2O4S/c1-2-14-7-3-6(10)8(4-5(7)9)15(11,12)13/h3-4H,2,9-10H2,1H3,(H,11,12,13). The van der Waals surface area contributed by atoms with Gasteiger partial charge in [-0.2, -0.15) is 8.42 Å². The second-order valence-electron chi connectivity index (χ2n) is 2.84. The largest absolute Gasteiger partial charge is 0.492 e. The van der Waals surface area contributed by atoms with Gasteiger partial charge in [0.05, 0.1) is 18.0 Å². The van der Waals surface area contributed by atoms with Gasteiger partial charge in [0.1, 0.15) is 10.6 Å². The van der Waals surface area contributed by atoms with Crippen molar-refractivity contribution in [1.29, 1.82) is 0 Å². The van der Waals surface area contributed by atoms with E-state index in [-0.39, 0.29) is 11.4 Å². The molecule has 84 valence electrons. The Hall–Kier alpha value is -1.47. The third-order valence-electron chi connectivity index (χ3n) is 1.72. The van der Waals surface area contributed by atoms with Gasteiger partial charge in [-0.05, 0) is 13.0 Å². The predicted octanol–water partition coefficient (Wildman–Crippen LogP) is 0.496. The normalized spacial score (nSPS) is 11.3. The van der Waals surface area contributed by atoms with Gasteiger partial charge in [0.15, 0.2) is 0 Å². The second-order valence-corrected chi connectivity index (χ2v) is 4.23. The van der Waals surface area contributed by atoms with E-state index >= 15 is 0 Å². The molecule has 0 atom stereocenters. The summed E-state index contributed by atoms with van der Waals surface area (Å²) in [4.78, 5) is -0.413. The van der Waals surface area contributed by atoms with Crippen molar-refractivity contribution in [3.63, 3.8) is 0 Å². The van der Waals surface area contributed by atoms with E-state index in [1.165, 1.54) is 6.07 Å². The molecule has 0 radical (unpaired) electrons. The van der Waals surface area contributed by atoms with Crippen LogP contribution in [0.25, 0.3) is 0 Å². The van der Waals surface area contributed by atoms with Crippen LogP contribution in [0.3, 0.4) is 0 Å². The van der Waals surface area contributed by atoms with Crippen LogP contribution in [0.4, 0.5) is 11.4 Å². The lowest BCUT2D eigenvalue weighted by Gasteiger charge is -2.09. The van der Waals surface area contributed by atoms with E-state index in [0.29, 0.717) is 12.4 Å². The summed E-state index contributed by atoms with van der Waals surface area (Å²) in [6.45, 7) is 2.14. The van der Waals surface area contributed by atoms with E-state index < -0.39 is 15.0 Å². The molecule has 0 spiro atoms. The topological polar surface area (TPSA) is 116 Å². The molecule has 0 aromatic heterocycles. The quantitative estimate of drug-likeness (QED) is 0.516. The van der Waals surface area contributed by atoms with Crippen LogP contribution in [-0.2, 0) is 10.1 Å². The molecule has 0 aliphatic carbocycles. The van der Waals surface area contributed by atoms with Crippen molar-refractivity contribution in [2.24, 2.45) is 0 Å². The number of hydrogen-bond acceptors (Lipinski definition) is 5. The average molecular weight is 232 g/mol. The van der Waals surface area contributed by atoms with Crippen LogP contribution < -0.4 is 16.2 Å². The van der Waals surface area contributed by atoms with E-state index in [9.17, 15) is 8.42 Å². The molecule has 1 aromatic rings. The van der Waals surface area contributed by atoms with Gasteiger partial charge in [-0.25, -0.2) is 0 Å². The number of nitrogen functional groups attached to an aromatic ring is 2. The SMILES string of the molecule is CCOc1cc(N)c(S(=O)(=O)O)cc1N. The highest BCUT2D eigenvalue weighted by Crippen LogP contribution is 2.30. The van der Waals surface area contributed by atoms with Gasteiger partial charge >= 0.3 is 0 Å². The lowest BCUT2D eigenvalue weighted by atomic mass is 10.2. The van der Waals surface area contributed by atoms with Gasteiger partial charge in [-0.3, -0.25) is 4.55 Å². The molecule has 5 N–H and O–H groups in total. The molecule has 0 fully saturated rings. The molecule has 7 heteroatoms. The van der Waals surface area contributed by atoms with Gasteiger partial charge < -0.3 is 16.2 Å². The van der Waals surface area contributed by atoms with Crippen LogP contribution in [0.15, 0.2) is 17.0 Å². The Morgan fingerprint density at radius 3 is 2.40 bits per heavy atom. The van der Waals surface area contributed by atoms with Crippen molar-refractivity contribution in [2.75, 3.05) is 18.1 Å². The first kappa shape index (κ1) is 11.6. The summed E-state index contributed by atoms with van der Waals surface area (Å²) in [5, 5.41) is 0. The molecule has 0 aliphatic rings. The average Bonchev–Trinajstić information content (AvgIpc) is 2.09. The van der Waals surface area contributed by atoms with Crippen molar-refractivity contribution < 1.29 is 17.7 Å². The van der Waals surface area contributed by atoms with Gasteiger partial charge in [0.2, 0.25) is 0 Å². The number of nitrogens with two attached hydrogens (primary N) is 2. The van der Waals surface area contributed by atoms with Gasteiger partial charge in [0.25, 0.3) is 10.1 Å². The van der Waals surface area contributed by atoms with Crippen LogP contribution in [0.2, 0.25) is 0 Å². The van der Waals surface area contributed by atoms with E-state index in [1.807, 2.05) is 0 Å². The molecule has 0 amide bonds. The molecule has 0 unspecified atom stereocenters. The summed E-state index contributed by atoms with van der Waals surface area (Å²) < 4.78 is 35.6. The molecule has 15 heavy (non-hydrogen) atoms. The maximum atomic E-state index is 10.9. The smallest absolute Gasteiger partial charge is 0.296 e. The van der Waals surface area contributed by atoms with Crippen molar-refractivity contribution >= 4 is 21.5 Å². The Bertz CT molecular complexity index is 470. The lowest BCUT2D eigenvalue weighted by Crippen LogP contribution is -2.06. The summed E-state index contributed by atoms with van der Waals surface area (Å²) in [7, 11) is -4.35. The number of ether oxygens (including phenoxy) is 1. The summed E-state index contributed by atoms with van der Waals surface area (Å²) in [5.41, 5.74) is 11.0. The monoisotopic (exact) mass is 232 g/mol. The molecule has 0 aliphatic heterocycles. The maximum absolute atomic E-state index is 10.9. The molecule has 6 nitrogen and oxygen atoms in total. The number of rotatable bonds is 3. The summed E-state index contributed by atoms with van der Waals surface area (Å²) in [5.74, 6) is 0.294. The van der Waals surface area contributed by atoms with E-state index in [2.05, 4.69) is 0 Å². The molecular formula is C8H12N2O4S. The molecule has 0 heterocycles. The third-order valence-corrected chi connectivity index (χ3v) is 2.63. The van der Waals surface area contributed by atoms with E-state index in [0.717, 1.165) is 6.07 Å². The number of hydrogen-bond donors (Lipinski definition) is 3. The fraction of sp³-hybridized carbons (Fsp3) is 0.250. The third kappa shape index (κ3) is 2.51. The fourth-order valence-electron chi connectivity index (χ4n) is 1.10. The first-order valence-corrected chi connectivity index (χ1v) is 5.59. The molecule has 0 saturated carbocycles. The minimum Gasteiger partial charge on any atom is -0.492 e. The van der Waals surface area contributed by atoms with Gasteiger partial charge in [-0.15, -0.1) is 0 Å². The van der Waals surface area contributed by atoms with Crippen molar-refractivity contribution in [3.05, 3.63) is 12.1 Å². The van der Waals surface area contributed by atoms with E-state index in [4.69, 9.17) is 20.8 Å². The minimum absolute atomic E-state index is 0.102. The second kappa shape index (κ2) is 3.95. The predicted molar refractivity (Wildman–Crippen MR) is 56.3 cm³/mol. The first-order valence-electron chi connectivity index (χ1n) is 4.15. The molecule has 1 aromatic carbocycles. The van der Waals surface area contributed by atoms with Gasteiger partial charge in [-0.1, -0.05) is 0 Å². The summed E-state index contributed by atoms with van der Waals surface area (Å²) >= 11 is 0. The summed E-state index contributed by atoms with van der Waals surface area (Å²) in [6, 6.07) is 2.33. The maximum Gasteiger partial charge on any atom is 0.296 e. The van der Waals surface area contributed by atoms with Crippen LogP contribution in [0.5, 0.6) is 5.75 Å². The van der Waals surface area contributed by atoms with Crippen LogP contribution >= 0.6 is 0 Å². The van der Waals surface area contributed by atoms with Crippen molar-refractivity contribution in [1.82, 2.24) is 0 Å². The number of benzene rings is 1. The highest BCUT2D eigenvalue weighted by molar-refractivity contribution is 7.86. The lowest BCUT2D eigenvalue weighted by molar-refractivity contribution is 0.342. The first-order chi connectivity index (χ1) is 6.86. The highest BCUT2D eigenvalue weighted by atomic mass is 32.2. The highest BCUT2D eigenvalue weighted by Gasteiger charge is 2.16. The Labute approximate surface area is 87.6 Å². The Balaban J connectivity index is 3.32. The Kier molecular flexibility index (Phi) is 3.06. The van der Waals surface area contributed by atoms with Crippen LogP contribution in [0.1, 0.15) is 6.92 Å².